The molecule has 3 aromatic carbocycles. The standard InChI is InChI=1S/C22H19N3O4.CH4O3S/c1-29-18-8-4-7-16(15-5-2-3-6-17(15)22(27)28)19(18)21(26)25-14-11-9-13(10-12-14)20(23)24;1-5(2,3)4/h2-12H,1H3,(H3,23,24)(H,25,26)(H,27,28);1H3,(H,2,3,4). The molecule has 178 valence electrons. The van der Waals surface area contributed by atoms with Gasteiger partial charge in [0.05, 0.1) is 24.5 Å². The first-order valence-electron chi connectivity index (χ1n) is 9.60. The van der Waals surface area contributed by atoms with Crippen LogP contribution in [0.3, 0.4) is 0 Å². The zero-order chi connectivity index (χ0) is 25.5. The molecule has 1 amide bonds. The van der Waals surface area contributed by atoms with Gasteiger partial charge in [0.1, 0.15) is 11.6 Å². The van der Waals surface area contributed by atoms with Gasteiger partial charge in [-0.15, -0.1) is 0 Å². The number of carbonyl (C=O) groups is 2. The number of aromatic carboxylic acids is 1. The third kappa shape index (κ3) is 7.15. The molecule has 34 heavy (non-hydrogen) atoms. The number of benzene rings is 3. The molecule has 0 spiro atoms. The molecule has 0 aliphatic carbocycles. The number of ether oxygens (including phenoxy) is 1. The van der Waals surface area contributed by atoms with Crippen molar-refractivity contribution in [2.45, 2.75) is 0 Å². The Morgan fingerprint density at radius 1 is 0.971 bits per heavy atom. The van der Waals surface area contributed by atoms with E-state index in [0.29, 0.717) is 34.4 Å². The summed E-state index contributed by atoms with van der Waals surface area (Å²) in [7, 11) is -2.22. The van der Waals surface area contributed by atoms with Crippen LogP contribution in [0.1, 0.15) is 26.3 Å². The van der Waals surface area contributed by atoms with Crippen LogP contribution in [-0.4, -0.2) is 49.2 Å². The van der Waals surface area contributed by atoms with Crippen LogP contribution >= 0.6 is 0 Å². The van der Waals surface area contributed by atoms with Crippen molar-refractivity contribution < 1.29 is 32.4 Å². The molecular weight excluding hydrogens is 462 g/mol. The fraction of sp³-hybridized carbons (Fsp3) is 0.0870. The number of hydrogen-bond acceptors (Lipinski definition) is 6. The highest BCUT2D eigenvalue weighted by Gasteiger charge is 2.21. The van der Waals surface area contributed by atoms with Gasteiger partial charge in [0.2, 0.25) is 0 Å². The number of carbonyl (C=O) groups excluding carboxylic acids is 1. The predicted molar refractivity (Wildman–Crippen MR) is 128 cm³/mol. The third-order valence-electron chi connectivity index (χ3n) is 4.37. The predicted octanol–water partition coefficient (Wildman–Crippen LogP) is 3.10. The molecule has 6 N–H and O–H groups in total. The first kappa shape index (κ1) is 26.0. The molecule has 3 rings (SSSR count). The van der Waals surface area contributed by atoms with Crippen molar-refractivity contribution in [2.75, 3.05) is 18.7 Å². The normalized spacial score (nSPS) is 10.4. The summed E-state index contributed by atoms with van der Waals surface area (Å²) in [5.74, 6) is -1.29. The lowest BCUT2D eigenvalue weighted by molar-refractivity contribution is 0.0697. The van der Waals surface area contributed by atoms with Crippen LogP contribution in [0.5, 0.6) is 5.75 Å². The Balaban J connectivity index is 0.000000739. The quantitative estimate of drug-likeness (QED) is 0.201. The number of hydrogen-bond donors (Lipinski definition) is 5. The second kappa shape index (κ2) is 11.1. The topological polar surface area (TPSA) is 180 Å². The van der Waals surface area contributed by atoms with Crippen LogP contribution in [0.25, 0.3) is 11.1 Å². The van der Waals surface area contributed by atoms with Crippen molar-refractivity contribution in [1.82, 2.24) is 0 Å². The van der Waals surface area contributed by atoms with E-state index in [2.05, 4.69) is 5.32 Å². The minimum atomic E-state index is -3.67. The van der Waals surface area contributed by atoms with Crippen molar-refractivity contribution >= 4 is 33.5 Å². The summed E-state index contributed by atoms with van der Waals surface area (Å²) >= 11 is 0. The number of carboxylic acids is 1. The monoisotopic (exact) mass is 485 g/mol. The number of rotatable bonds is 6. The molecule has 0 heterocycles. The van der Waals surface area contributed by atoms with Gasteiger partial charge in [-0.05, 0) is 47.5 Å². The van der Waals surface area contributed by atoms with E-state index in [9.17, 15) is 23.1 Å². The van der Waals surface area contributed by atoms with Gasteiger partial charge in [-0.2, -0.15) is 8.42 Å². The maximum absolute atomic E-state index is 13.1. The molecule has 0 aliphatic heterocycles. The molecule has 10 nitrogen and oxygen atoms in total. The van der Waals surface area contributed by atoms with Gasteiger partial charge in [0.25, 0.3) is 16.0 Å². The summed E-state index contributed by atoms with van der Waals surface area (Å²) in [6.07, 6.45) is 0.715. The molecule has 0 unspecified atom stereocenters. The van der Waals surface area contributed by atoms with Crippen LogP contribution in [0.4, 0.5) is 5.69 Å². The number of methoxy groups -OCH3 is 1. The molecule has 0 saturated carbocycles. The van der Waals surface area contributed by atoms with Crippen molar-refractivity contribution in [3.05, 3.63) is 83.4 Å². The highest BCUT2D eigenvalue weighted by Crippen LogP contribution is 2.33. The van der Waals surface area contributed by atoms with Crippen molar-refractivity contribution in [2.24, 2.45) is 5.73 Å². The molecule has 0 bridgehead atoms. The van der Waals surface area contributed by atoms with Crippen LogP contribution < -0.4 is 15.8 Å². The molecule has 11 heteroatoms. The Labute approximate surface area is 196 Å². The molecule has 0 aliphatic rings. The number of nitrogen functional groups attached to an aromatic ring is 1. The van der Waals surface area contributed by atoms with Crippen molar-refractivity contribution in [3.63, 3.8) is 0 Å². The SMILES string of the molecule is COc1cccc(-c2ccccc2C(=O)O)c1C(=O)Nc1ccc(C(=N)N)cc1.CS(=O)(=O)O. The molecular formula is C23H23N3O7S. The minimum absolute atomic E-state index is 0.0693. The Kier molecular flexibility index (Phi) is 8.48. The van der Waals surface area contributed by atoms with E-state index in [1.165, 1.54) is 13.2 Å². The van der Waals surface area contributed by atoms with Gasteiger partial charge in [-0.25, -0.2) is 4.79 Å². The van der Waals surface area contributed by atoms with E-state index < -0.39 is 22.0 Å². The number of anilines is 1. The fourth-order valence-corrected chi connectivity index (χ4v) is 2.99. The van der Waals surface area contributed by atoms with Crippen molar-refractivity contribution in [1.29, 1.82) is 5.41 Å². The number of amides is 1. The van der Waals surface area contributed by atoms with E-state index >= 15 is 0 Å². The van der Waals surface area contributed by atoms with Crippen molar-refractivity contribution in [3.8, 4) is 16.9 Å². The lowest BCUT2D eigenvalue weighted by Crippen LogP contribution is -2.16. The second-order valence-electron chi connectivity index (χ2n) is 6.91. The molecule has 0 atom stereocenters. The smallest absolute Gasteiger partial charge is 0.336 e. The van der Waals surface area contributed by atoms with E-state index in [4.69, 9.17) is 20.4 Å². The van der Waals surface area contributed by atoms with E-state index in [1.54, 1.807) is 60.7 Å². The Bertz CT molecular complexity index is 1310. The average Bonchev–Trinajstić information content (AvgIpc) is 2.77. The first-order chi connectivity index (χ1) is 15.9. The first-order valence-corrected chi connectivity index (χ1v) is 11.4. The lowest BCUT2D eigenvalue weighted by Gasteiger charge is -2.15. The highest BCUT2D eigenvalue weighted by molar-refractivity contribution is 7.85. The molecule has 0 saturated heterocycles. The summed E-state index contributed by atoms with van der Waals surface area (Å²) in [4.78, 5) is 24.7. The van der Waals surface area contributed by atoms with Gasteiger partial charge in [-0.3, -0.25) is 14.8 Å². The number of nitrogens with two attached hydrogens (primary N) is 1. The summed E-state index contributed by atoms with van der Waals surface area (Å²) < 4.78 is 31.2. The van der Waals surface area contributed by atoms with Crippen LogP contribution in [0.2, 0.25) is 0 Å². The van der Waals surface area contributed by atoms with Gasteiger partial charge in [0.15, 0.2) is 0 Å². The Morgan fingerprint density at radius 2 is 1.53 bits per heavy atom. The maximum Gasteiger partial charge on any atom is 0.336 e. The van der Waals surface area contributed by atoms with Gasteiger partial charge < -0.3 is 20.9 Å². The van der Waals surface area contributed by atoms with E-state index in [1.807, 2.05) is 0 Å². The number of nitrogens with one attached hydrogen (secondary N) is 2. The second-order valence-corrected chi connectivity index (χ2v) is 8.38. The number of carboxylic acid groups (broad SMARTS) is 1. The minimum Gasteiger partial charge on any atom is -0.496 e. The molecule has 0 fully saturated rings. The summed E-state index contributed by atoms with van der Waals surface area (Å²) in [6.45, 7) is 0. The zero-order valence-electron chi connectivity index (χ0n) is 18.3. The zero-order valence-corrected chi connectivity index (χ0v) is 19.1. The highest BCUT2D eigenvalue weighted by atomic mass is 32.2. The maximum atomic E-state index is 13.1. The molecule has 0 radical (unpaired) electrons. The third-order valence-corrected chi connectivity index (χ3v) is 4.37. The van der Waals surface area contributed by atoms with E-state index in [-0.39, 0.29) is 17.0 Å². The fourth-order valence-electron chi connectivity index (χ4n) is 2.99. The summed E-state index contributed by atoms with van der Waals surface area (Å²) in [5, 5.41) is 19.7. The molecule has 0 aromatic heterocycles. The van der Waals surface area contributed by atoms with Crippen LogP contribution in [0.15, 0.2) is 66.7 Å². The number of amidine groups is 1. The Hall–Kier alpha value is -4.22. The Morgan fingerprint density at radius 3 is 2.06 bits per heavy atom. The lowest BCUT2D eigenvalue weighted by atomic mass is 9.94. The average molecular weight is 486 g/mol. The molecule has 3 aromatic rings. The largest absolute Gasteiger partial charge is 0.496 e. The van der Waals surface area contributed by atoms with Gasteiger partial charge >= 0.3 is 5.97 Å². The van der Waals surface area contributed by atoms with E-state index in [0.717, 1.165) is 0 Å². The van der Waals surface area contributed by atoms with Crippen LogP contribution in [-0.2, 0) is 10.1 Å². The van der Waals surface area contributed by atoms with Gasteiger partial charge in [-0.1, -0.05) is 30.3 Å². The summed E-state index contributed by atoms with van der Waals surface area (Å²) in [6, 6.07) is 18.0. The van der Waals surface area contributed by atoms with Crippen LogP contribution in [0, 0.1) is 5.41 Å². The summed E-state index contributed by atoms with van der Waals surface area (Å²) in [5.41, 5.74) is 7.65. The van der Waals surface area contributed by atoms with Gasteiger partial charge in [0, 0.05) is 11.3 Å².